The first-order valence-corrected chi connectivity index (χ1v) is 13.2. The maximum atomic E-state index is 13.5. The Morgan fingerprint density at radius 2 is 1.62 bits per heavy atom. The number of anilines is 1. The molecule has 3 rings (SSSR count). The monoisotopic (exact) mass is 525 g/mol. The van der Waals surface area contributed by atoms with Gasteiger partial charge >= 0.3 is 5.97 Å². The maximum absolute atomic E-state index is 13.5. The maximum Gasteiger partial charge on any atom is 0.337 e. The number of carbonyl (C=O) groups is 2. The van der Waals surface area contributed by atoms with Crippen LogP contribution in [0.25, 0.3) is 10.2 Å². The zero-order valence-electron chi connectivity index (χ0n) is 19.5. The predicted octanol–water partition coefficient (Wildman–Crippen LogP) is 3.90. The molecule has 0 aliphatic carbocycles. The molecule has 0 radical (unpaired) electrons. The van der Waals surface area contributed by atoms with Crippen LogP contribution in [-0.2, 0) is 14.6 Å². The quantitative estimate of drug-likeness (QED) is 0.391. The van der Waals surface area contributed by atoms with Gasteiger partial charge < -0.3 is 9.64 Å². The van der Waals surface area contributed by atoms with E-state index < -0.39 is 15.8 Å². The second-order valence-corrected chi connectivity index (χ2v) is 10.5. The number of halogens is 1. The van der Waals surface area contributed by atoms with Gasteiger partial charge in [-0.15, -0.1) is 12.4 Å². The summed E-state index contributed by atoms with van der Waals surface area (Å²) in [6.45, 7) is 6.90. The average molecular weight is 526 g/mol. The number of fused-ring (bicyclic) bond motifs is 1. The Labute approximate surface area is 209 Å². The highest BCUT2D eigenvalue weighted by atomic mass is 35.5. The van der Waals surface area contributed by atoms with E-state index in [1.54, 1.807) is 41.3 Å². The summed E-state index contributed by atoms with van der Waals surface area (Å²) in [5, 5.41) is 0.491. The van der Waals surface area contributed by atoms with Crippen molar-refractivity contribution in [2.24, 2.45) is 0 Å². The number of methoxy groups -OCH3 is 1. The van der Waals surface area contributed by atoms with E-state index in [4.69, 9.17) is 4.74 Å². The molecule has 0 fully saturated rings. The zero-order chi connectivity index (χ0) is 24.2. The van der Waals surface area contributed by atoms with Gasteiger partial charge in [-0.1, -0.05) is 25.2 Å². The Balaban J connectivity index is 0.00000408. The molecule has 184 valence electrons. The van der Waals surface area contributed by atoms with Crippen LogP contribution in [0.5, 0.6) is 0 Å². The Kier molecular flexibility index (Phi) is 9.57. The number of benzene rings is 2. The summed E-state index contributed by atoms with van der Waals surface area (Å²) in [6.07, 6.45) is 1.16. The lowest BCUT2D eigenvalue weighted by Gasteiger charge is -2.24. The van der Waals surface area contributed by atoms with Crippen molar-refractivity contribution in [3.8, 4) is 0 Å². The zero-order valence-corrected chi connectivity index (χ0v) is 21.9. The molecule has 3 aromatic rings. The van der Waals surface area contributed by atoms with Crippen LogP contribution in [0.1, 0.15) is 34.6 Å². The first-order chi connectivity index (χ1) is 15.7. The van der Waals surface area contributed by atoms with Gasteiger partial charge in [0.05, 0.1) is 27.8 Å². The summed E-state index contributed by atoms with van der Waals surface area (Å²) >= 11 is 1.27. The molecule has 0 atom stereocenters. The summed E-state index contributed by atoms with van der Waals surface area (Å²) in [6, 6.07) is 11.1. The van der Waals surface area contributed by atoms with E-state index in [0.29, 0.717) is 39.6 Å². The van der Waals surface area contributed by atoms with Gasteiger partial charge in [0, 0.05) is 24.9 Å². The lowest BCUT2D eigenvalue weighted by molar-refractivity contribution is 0.0600. The van der Waals surface area contributed by atoms with Crippen molar-refractivity contribution in [1.82, 2.24) is 9.88 Å². The number of nitrogens with zero attached hydrogens (tertiary/aromatic N) is 3. The molecule has 1 heterocycles. The Bertz CT molecular complexity index is 1260. The Morgan fingerprint density at radius 3 is 2.18 bits per heavy atom. The number of amides is 1. The van der Waals surface area contributed by atoms with Crippen LogP contribution in [-0.4, -0.2) is 69.7 Å². The van der Waals surface area contributed by atoms with Gasteiger partial charge in [0.25, 0.3) is 5.91 Å². The van der Waals surface area contributed by atoms with Crippen LogP contribution in [0.15, 0.2) is 47.4 Å². The fourth-order valence-electron chi connectivity index (χ4n) is 3.33. The third kappa shape index (κ3) is 6.32. The van der Waals surface area contributed by atoms with Crippen molar-refractivity contribution in [2.45, 2.75) is 18.7 Å². The SMILES string of the molecule is CCN(CC)CCN(C(=O)c1ccc(C(=O)OC)cc1)c1nc2ccc(S(C)(=O)=O)cc2s1.Cl. The molecule has 0 spiro atoms. The largest absolute Gasteiger partial charge is 0.465 e. The predicted molar refractivity (Wildman–Crippen MR) is 137 cm³/mol. The fourth-order valence-corrected chi connectivity index (χ4v) is 5.08. The third-order valence-electron chi connectivity index (χ3n) is 5.34. The van der Waals surface area contributed by atoms with Gasteiger partial charge in [0.1, 0.15) is 0 Å². The number of likely N-dealkylation sites (N-methyl/N-ethyl adjacent to an activating group) is 1. The first-order valence-electron chi connectivity index (χ1n) is 10.5. The molecule has 0 saturated heterocycles. The minimum absolute atomic E-state index is 0. The standard InChI is InChI=1S/C23H27N3O5S2.ClH/c1-5-25(6-2)13-14-26(21(27)16-7-9-17(10-8-16)22(28)31-3)23-24-19-12-11-18(33(4,29)30)15-20(19)32-23;/h7-12,15H,5-6,13-14H2,1-4H3;1H. The Hall–Kier alpha value is -2.53. The topological polar surface area (TPSA) is 96.9 Å². The molecule has 0 unspecified atom stereocenters. The highest BCUT2D eigenvalue weighted by Crippen LogP contribution is 2.31. The number of hydrogen-bond acceptors (Lipinski definition) is 8. The van der Waals surface area contributed by atoms with Crippen LogP contribution in [0.4, 0.5) is 5.13 Å². The van der Waals surface area contributed by atoms with E-state index >= 15 is 0 Å². The molecular formula is C23H28ClN3O5S2. The average Bonchev–Trinajstić information content (AvgIpc) is 3.23. The molecule has 1 amide bonds. The second kappa shape index (κ2) is 11.7. The van der Waals surface area contributed by atoms with Crippen LogP contribution in [0.3, 0.4) is 0 Å². The molecule has 1 aromatic heterocycles. The van der Waals surface area contributed by atoms with Crippen molar-refractivity contribution in [3.05, 3.63) is 53.6 Å². The van der Waals surface area contributed by atoms with E-state index in [9.17, 15) is 18.0 Å². The highest BCUT2D eigenvalue weighted by Gasteiger charge is 2.23. The fraction of sp³-hybridized carbons (Fsp3) is 0.348. The van der Waals surface area contributed by atoms with Gasteiger partial charge in [-0.05, 0) is 55.6 Å². The van der Waals surface area contributed by atoms with Crippen LogP contribution in [0.2, 0.25) is 0 Å². The van der Waals surface area contributed by atoms with Gasteiger partial charge in [-0.25, -0.2) is 18.2 Å². The minimum atomic E-state index is -3.35. The summed E-state index contributed by atoms with van der Waals surface area (Å²) < 4.78 is 29.3. The van der Waals surface area contributed by atoms with Crippen molar-refractivity contribution in [2.75, 3.05) is 44.4 Å². The number of thiazole rings is 1. The van der Waals surface area contributed by atoms with E-state index in [1.807, 2.05) is 0 Å². The number of carbonyl (C=O) groups excluding carboxylic acids is 2. The lowest BCUT2D eigenvalue weighted by Crippen LogP contribution is -2.38. The smallest absolute Gasteiger partial charge is 0.337 e. The molecule has 0 aliphatic heterocycles. The molecular weight excluding hydrogens is 498 g/mol. The van der Waals surface area contributed by atoms with Gasteiger partial charge in [-0.3, -0.25) is 9.69 Å². The van der Waals surface area contributed by atoms with Crippen molar-refractivity contribution < 1.29 is 22.7 Å². The number of sulfone groups is 1. The first kappa shape index (κ1) is 27.7. The number of rotatable bonds is 9. The van der Waals surface area contributed by atoms with E-state index in [2.05, 4.69) is 23.7 Å². The second-order valence-electron chi connectivity index (χ2n) is 7.45. The Morgan fingerprint density at radius 1 is 1.00 bits per heavy atom. The number of ether oxygens (including phenoxy) is 1. The minimum Gasteiger partial charge on any atom is -0.465 e. The van der Waals surface area contributed by atoms with Gasteiger partial charge in [0.15, 0.2) is 15.0 Å². The van der Waals surface area contributed by atoms with Gasteiger partial charge in [0.2, 0.25) is 0 Å². The summed E-state index contributed by atoms with van der Waals surface area (Å²) in [5.41, 5.74) is 1.40. The molecule has 0 bridgehead atoms. The van der Waals surface area contributed by atoms with E-state index in [0.717, 1.165) is 19.3 Å². The molecule has 0 N–H and O–H groups in total. The summed E-state index contributed by atoms with van der Waals surface area (Å²) in [4.78, 5) is 33.8. The van der Waals surface area contributed by atoms with E-state index in [-0.39, 0.29) is 23.2 Å². The molecule has 11 heteroatoms. The highest BCUT2D eigenvalue weighted by molar-refractivity contribution is 7.90. The molecule has 34 heavy (non-hydrogen) atoms. The number of aromatic nitrogens is 1. The molecule has 2 aromatic carbocycles. The van der Waals surface area contributed by atoms with Crippen LogP contribution < -0.4 is 4.90 Å². The third-order valence-corrected chi connectivity index (χ3v) is 7.49. The van der Waals surface area contributed by atoms with Crippen molar-refractivity contribution >= 4 is 60.8 Å². The summed E-state index contributed by atoms with van der Waals surface area (Å²) in [7, 11) is -2.05. The molecule has 0 saturated carbocycles. The van der Waals surface area contributed by atoms with Crippen molar-refractivity contribution in [1.29, 1.82) is 0 Å². The molecule has 8 nitrogen and oxygen atoms in total. The van der Waals surface area contributed by atoms with Crippen molar-refractivity contribution in [3.63, 3.8) is 0 Å². The van der Waals surface area contributed by atoms with Crippen LogP contribution >= 0.6 is 23.7 Å². The summed E-state index contributed by atoms with van der Waals surface area (Å²) in [5.74, 6) is -0.721. The van der Waals surface area contributed by atoms with Gasteiger partial charge in [-0.2, -0.15) is 0 Å². The lowest BCUT2D eigenvalue weighted by atomic mass is 10.1. The van der Waals surface area contributed by atoms with E-state index in [1.165, 1.54) is 24.5 Å². The van der Waals surface area contributed by atoms with Crippen LogP contribution in [0, 0.1) is 0 Å². The molecule has 0 aliphatic rings. The normalized spacial score (nSPS) is 11.3. The number of esters is 1. The number of hydrogen-bond donors (Lipinski definition) is 0.